The van der Waals surface area contributed by atoms with E-state index >= 15 is 0 Å². The Kier molecular flexibility index (Phi) is 3.21. The number of Topliss-reactive ketones (excluding diaryl/α,β-unsaturated/α-hetero) is 1. The zero-order valence-corrected chi connectivity index (χ0v) is 11.6. The van der Waals surface area contributed by atoms with Gasteiger partial charge in [0.1, 0.15) is 5.78 Å². The Hall–Kier alpha value is -0.963. The molecule has 0 aromatic carbocycles. The van der Waals surface area contributed by atoms with E-state index in [0.29, 0.717) is 6.42 Å². The fourth-order valence-electron chi connectivity index (χ4n) is 1.55. The van der Waals surface area contributed by atoms with Gasteiger partial charge in [-0.25, -0.2) is 0 Å². The molecule has 1 rings (SSSR count). The standard InChI is InChI=1S/C11H17NOSi/c1-6(13)5-10-8(3)7(2)9(4)11(14)12-10/h5H2,1-4,14H3. The highest BCUT2D eigenvalue weighted by molar-refractivity contribution is 6.31. The molecule has 0 N–H and O–H groups in total. The third kappa shape index (κ3) is 2.10. The van der Waals surface area contributed by atoms with Crippen molar-refractivity contribution in [3.8, 4) is 0 Å². The average Bonchev–Trinajstić information content (AvgIpc) is 2.10. The van der Waals surface area contributed by atoms with E-state index in [9.17, 15) is 4.79 Å². The van der Waals surface area contributed by atoms with Crippen molar-refractivity contribution < 1.29 is 4.79 Å². The van der Waals surface area contributed by atoms with Crippen LogP contribution in [0.2, 0.25) is 0 Å². The van der Waals surface area contributed by atoms with Crippen molar-refractivity contribution in [2.75, 3.05) is 0 Å². The number of ketones is 1. The Morgan fingerprint density at radius 2 is 1.79 bits per heavy atom. The summed E-state index contributed by atoms with van der Waals surface area (Å²) in [5.74, 6) is 0.185. The molecule has 1 aromatic heterocycles. The first kappa shape index (κ1) is 11.1. The summed E-state index contributed by atoms with van der Waals surface area (Å²) in [6, 6.07) is 0. The van der Waals surface area contributed by atoms with Crippen LogP contribution >= 0.6 is 0 Å². The number of pyridine rings is 1. The SMILES string of the molecule is CC(=O)Cc1nc([SiH3])c(C)c(C)c1C. The van der Waals surface area contributed by atoms with Gasteiger partial charge in [0.05, 0.1) is 15.9 Å². The van der Waals surface area contributed by atoms with Crippen LogP contribution in [0.5, 0.6) is 0 Å². The molecule has 1 aromatic rings. The normalized spacial score (nSPS) is 10.6. The van der Waals surface area contributed by atoms with Gasteiger partial charge < -0.3 is 0 Å². The van der Waals surface area contributed by atoms with Gasteiger partial charge in [-0.2, -0.15) is 0 Å². The van der Waals surface area contributed by atoms with Gasteiger partial charge in [0.25, 0.3) is 0 Å². The summed E-state index contributed by atoms with van der Waals surface area (Å²) in [6.45, 7) is 7.88. The topological polar surface area (TPSA) is 30.0 Å². The number of nitrogens with zero attached hydrogens (tertiary/aromatic N) is 1. The van der Waals surface area contributed by atoms with Crippen molar-refractivity contribution in [3.63, 3.8) is 0 Å². The van der Waals surface area contributed by atoms with Gasteiger partial charge in [-0.05, 0) is 44.4 Å². The van der Waals surface area contributed by atoms with Gasteiger partial charge in [-0.15, -0.1) is 0 Å². The van der Waals surface area contributed by atoms with E-state index in [1.54, 1.807) is 6.92 Å². The second kappa shape index (κ2) is 4.05. The second-order valence-electron chi connectivity index (χ2n) is 3.90. The van der Waals surface area contributed by atoms with Crippen molar-refractivity contribution in [2.45, 2.75) is 34.1 Å². The molecule has 0 aliphatic carbocycles. The first-order valence-corrected chi connectivity index (χ1v) is 5.86. The van der Waals surface area contributed by atoms with Gasteiger partial charge in [0, 0.05) is 11.7 Å². The highest BCUT2D eigenvalue weighted by Gasteiger charge is 2.09. The zero-order valence-electron chi connectivity index (χ0n) is 9.56. The first-order chi connectivity index (χ1) is 6.43. The molecule has 2 nitrogen and oxygen atoms in total. The molecule has 0 unspecified atom stereocenters. The van der Waals surface area contributed by atoms with Gasteiger partial charge in [-0.1, -0.05) is 0 Å². The molecule has 1 heterocycles. The van der Waals surface area contributed by atoms with Crippen LogP contribution in [-0.2, 0) is 11.2 Å². The van der Waals surface area contributed by atoms with E-state index in [-0.39, 0.29) is 5.78 Å². The molecular weight excluding hydrogens is 190 g/mol. The summed E-state index contributed by atoms with van der Waals surface area (Å²) < 4.78 is 0. The molecule has 0 amide bonds. The minimum absolute atomic E-state index is 0.185. The number of hydrogen-bond acceptors (Lipinski definition) is 2. The summed E-state index contributed by atoms with van der Waals surface area (Å²) in [6.07, 6.45) is 0.474. The molecule has 14 heavy (non-hydrogen) atoms. The third-order valence-electron chi connectivity index (χ3n) is 2.82. The molecule has 0 atom stereocenters. The van der Waals surface area contributed by atoms with Gasteiger partial charge in [0.15, 0.2) is 0 Å². The van der Waals surface area contributed by atoms with Crippen LogP contribution in [0.4, 0.5) is 0 Å². The zero-order chi connectivity index (χ0) is 10.9. The summed E-state index contributed by atoms with van der Waals surface area (Å²) in [5.41, 5.74) is 4.73. The second-order valence-corrected chi connectivity index (χ2v) is 4.84. The van der Waals surface area contributed by atoms with E-state index in [1.165, 1.54) is 22.0 Å². The Balaban J connectivity index is 3.25. The summed E-state index contributed by atoms with van der Waals surface area (Å²) in [5, 5.41) is 1.17. The molecule has 0 spiro atoms. The van der Waals surface area contributed by atoms with Crippen molar-refractivity contribution >= 4 is 21.3 Å². The van der Waals surface area contributed by atoms with Gasteiger partial charge in [-0.3, -0.25) is 9.78 Å². The van der Waals surface area contributed by atoms with Gasteiger partial charge in [0.2, 0.25) is 0 Å². The smallest absolute Gasteiger partial charge is 0.135 e. The Labute approximate surface area is 88.2 Å². The molecule has 0 aliphatic heterocycles. The first-order valence-electron chi connectivity index (χ1n) is 4.86. The Morgan fingerprint density at radius 3 is 2.29 bits per heavy atom. The lowest BCUT2D eigenvalue weighted by Gasteiger charge is -2.12. The Bertz CT molecular complexity index is 385. The quantitative estimate of drug-likeness (QED) is 0.645. The largest absolute Gasteiger partial charge is 0.300 e. The van der Waals surface area contributed by atoms with Crippen molar-refractivity contribution in [3.05, 3.63) is 22.4 Å². The maximum Gasteiger partial charge on any atom is 0.135 e. The maximum absolute atomic E-state index is 11.0. The molecule has 3 heteroatoms. The molecule has 0 radical (unpaired) electrons. The molecule has 76 valence electrons. The molecule has 0 fully saturated rings. The van der Waals surface area contributed by atoms with Crippen LogP contribution in [0.15, 0.2) is 0 Å². The molecule has 0 saturated heterocycles. The van der Waals surface area contributed by atoms with Crippen LogP contribution in [0.3, 0.4) is 0 Å². The fraction of sp³-hybridized carbons (Fsp3) is 0.455. The number of hydrogen-bond donors (Lipinski definition) is 0. The minimum Gasteiger partial charge on any atom is -0.300 e. The van der Waals surface area contributed by atoms with E-state index in [0.717, 1.165) is 15.9 Å². The highest BCUT2D eigenvalue weighted by Crippen LogP contribution is 2.13. The van der Waals surface area contributed by atoms with Gasteiger partial charge >= 0.3 is 0 Å². The third-order valence-corrected chi connectivity index (χ3v) is 3.79. The van der Waals surface area contributed by atoms with Crippen LogP contribution in [0, 0.1) is 20.8 Å². The molecular formula is C11H17NOSi. The predicted molar refractivity (Wildman–Crippen MR) is 62.4 cm³/mol. The summed E-state index contributed by atoms with van der Waals surface area (Å²) in [7, 11) is 0.949. The number of carbonyl (C=O) groups is 1. The van der Waals surface area contributed by atoms with Crippen LogP contribution in [-0.4, -0.2) is 21.0 Å². The number of carbonyl (C=O) groups excluding carboxylic acids is 1. The highest BCUT2D eigenvalue weighted by atomic mass is 28.1. The Morgan fingerprint density at radius 1 is 1.21 bits per heavy atom. The number of aromatic nitrogens is 1. The fourth-order valence-corrected chi connectivity index (χ4v) is 2.19. The maximum atomic E-state index is 11.0. The summed E-state index contributed by atoms with van der Waals surface area (Å²) >= 11 is 0. The lowest BCUT2D eigenvalue weighted by atomic mass is 10.0. The van der Waals surface area contributed by atoms with Crippen molar-refractivity contribution in [1.29, 1.82) is 0 Å². The van der Waals surface area contributed by atoms with Crippen LogP contribution in [0.25, 0.3) is 0 Å². The summed E-state index contributed by atoms with van der Waals surface area (Å²) in [4.78, 5) is 15.6. The lowest BCUT2D eigenvalue weighted by molar-refractivity contribution is -0.116. The van der Waals surface area contributed by atoms with Crippen molar-refractivity contribution in [2.24, 2.45) is 0 Å². The lowest BCUT2D eigenvalue weighted by Crippen LogP contribution is -2.19. The monoisotopic (exact) mass is 207 g/mol. The van der Waals surface area contributed by atoms with E-state index in [4.69, 9.17) is 0 Å². The van der Waals surface area contributed by atoms with Crippen LogP contribution < -0.4 is 5.32 Å². The number of rotatable bonds is 2. The van der Waals surface area contributed by atoms with Crippen molar-refractivity contribution in [1.82, 2.24) is 4.98 Å². The van der Waals surface area contributed by atoms with E-state index in [1.807, 2.05) is 0 Å². The molecule has 0 bridgehead atoms. The predicted octanol–water partition coefficient (Wildman–Crippen LogP) is 0.129. The van der Waals surface area contributed by atoms with E-state index < -0.39 is 0 Å². The van der Waals surface area contributed by atoms with E-state index in [2.05, 4.69) is 25.8 Å². The molecule has 0 saturated carbocycles. The molecule has 0 aliphatic rings. The van der Waals surface area contributed by atoms with Crippen LogP contribution in [0.1, 0.15) is 29.3 Å². The minimum atomic E-state index is 0.185. The average molecular weight is 207 g/mol.